The number of anilines is 1. The lowest BCUT2D eigenvalue weighted by Crippen LogP contribution is -2.45. The first-order valence-electron chi connectivity index (χ1n) is 16.4. The fourth-order valence-electron chi connectivity index (χ4n) is 7.76. The van der Waals surface area contributed by atoms with E-state index in [-0.39, 0.29) is 17.5 Å². The minimum Gasteiger partial charge on any atom is -0.489 e. The van der Waals surface area contributed by atoms with Gasteiger partial charge >= 0.3 is 0 Å². The number of alkyl halides is 1. The van der Waals surface area contributed by atoms with Crippen LogP contribution < -0.4 is 15.0 Å². The predicted octanol–water partition coefficient (Wildman–Crippen LogP) is 7.99. The summed E-state index contributed by atoms with van der Waals surface area (Å²) in [5.41, 5.74) is 2.15. The summed E-state index contributed by atoms with van der Waals surface area (Å²) in [7, 11) is 0. The first-order valence-corrected chi connectivity index (χ1v) is 16.4. The molecular weight excluding hydrogens is 559 g/mol. The number of rotatable bonds is 7. The van der Waals surface area contributed by atoms with E-state index in [1.165, 1.54) is 32.4 Å². The molecule has 1 N–H and O–H groups in total. The van der Waals surface area contributed by atoms with Crippen molar-refractivity contribution in [2.75, 3.05) is 44.2 Å². The molecule has 7 heteroatoms. The molecule has 3 aliphatic heterocycles. The van der Waals surface area contributed by atoms with Crippen LogP contribution in [0.25, 0.3) is 0 Å². The Hall–Kier alpha value is -3.03. The molecule has 0 aromatic heterocycles. The molecule has 0 saturated carbocycles. The van der Waals surface area contributed by atoms with Crippen LogP contribution in [-0.4, -0.2) is 49.8 Å². The van der Waals surface area contributed by atoms with Gasteiger partial charge in [0.15, 0.2) is 0 Å². The van der Waals surface area contributed by atoms with E-state index in [0.717, 1.165) is 75.0 Å². The molecule has 0 bridgehead atoms. The maximum absolute atomic E-state index is 16.3. The van der Waals surface area contributed by atoms with Crippen LogP contribution in [0.4, 0.5) is 18.9 Å². The van der Waals surface area contributed by atoms with Crippen LogP contribution in [0.5, 0.6) is 5.75 Å². The lowest BCUT2D eigenvalue weighted by atomic mass is 9.72. The summed E-state index contributed by atoms with van der Waals surface area (Å²) in [6.45, 7) is 7.77. The molecule has 1 unspecified atom stereocenters. The van der Waals surface area contributed by atoms with Gasteiger partial charge in [-0.2, -0.15) is 0 Å². The van der Waals surface area contributed by atoms with Crippen LogP contribution in [0.15, 0.2) is 60.7 Å². The average molecular weight is 606 g/mol. The zero-order chi connectivity index (χ0) is 30.7. The summed E-state index contributed by atoms with van der Waals surface area (Å²) in [6.07, 6.45) is 7.41. The molecule has 6 rings (SSSR count). The Labute approximate surface area is 260 Å². The van der Waals surface area contributed by atoms with Gasteiger partial charge in [-0.3, -0.25) is 4.90 Å². The molecule has 0 aliphatic carbocycles. The molecule has 3 aliphatic rings. The monoisotopic (exact) mass is 605 g/mol. The van der Waals surface area contributed by atoms with E-state index in [9.17, 15) is 0 Å². The Balaban J connectivity index is 1.29. The van der Waals surface area contributed by atoms with Crippen molar-refractivity contribution >= 4 is 5.69 Å². The summed E-state index contributed by atoms with van der Waals surface area (Å²) in [5.74, 6) is -0.415. The second kappa shape index (κ2) is 13.1. The SMILES string of the molecule is CC(C)(F)CN1CCc2cc(OCc3ccccc3)ccc2C1c1c(F)cc(N2CCCC3(CCCNCCC3)C2)cc1F. The molecule has 4 nitrogen and oxygen atoms in total. The number of hydrogen-bond donors (Lipinski definition) is 1. The van der Waals surface area contributed by atoms with E-state index in [1.54, 1.807) is 0 Å². The van der Waals surface area contributed by atoms with Gasteiger partial charge in [0.05, 0.1) is 6.04 Å². The lowest BCUT2D eigenvalue weighted by molar-refractivity contribution is 0.0972. The van der Waals surface area contributed by atoms with Gasteiger partial charge in [-0.1, -0.05) is 36.4 Å². The van der Waals surface area contributed by atoms with Crippen molar-refractivity contribution in [3.8, 4) is 5.75 Å². The number of halogens is 3. The molecule has 1 spiro atoms. The van der Waals surface area contributed by atoms with Crippen LogP contribution in [0.3, 0.4) is 0 Å². The molecule has 44 heavy (non-hydrogen) atoms. The molecule has 2 fully saturated rings. The van der Waals surface area contributed by atoms with Gasteiger partial charge < -0.3 is 15.0 Å². The fourth-order valence-corrected chi connectivity index (χ4v) is 7.76. The fraction of sp³-hybridized carbons (Fsp3) is 0.514. The van der Waals surface area contributed by atoms with E-state index >= 15 is 13.2 Å². The molecule has 236 valence electrons. The largest absolute Gasteiger partial charge is 0.489 e. The molecule has 1 atom stereocenters. The summed E-state index contributed by atoms with van der Waals surface area (Å²) >= 11 is 0. The van der Waals surface area contributed by atoms with Crippen molar-refractivity contribution in [1.29, 1.82) is 0 Å². The normalized spacial score (nSPS) is 21.0. The quantitative estimate of drug-likeness (QED) is 0.296. The van der Waals surface area contributed by atoms with Crippen LogP contribution in [0, 0.1) is 17.0 Å². The molecule has 0 radical (unpaired) electrons. The summed E-state index contributed by atoms with van der Waals surface area (Å²) in [5, 5.41) is 3.50. The Morgan fingerprint density at radius 3 is 2.32 bits per heavy atom. The third-order valence-corrected chi connectivity index (χ3v) is 9.76. The van der Waals surface area contributed by atoms with Gasteiger partial charge in [0.25, 0.3) is 0 Å². The maximum atomic E-state index is 16.3. The van der Waals surface area contributed by atoms with Crippen molar-refractivity contribution < 1.29 is 17.9 Å². The summed E-state index contributed by atoms with van der Waals surface area (Å²) < 4.78 is 53.7. The number of fused-ring (bicyclic) bond motifs is 1. The predicted molar refractivity (Wildman–Crippen MR) is 171 cm³/mol. The Kier molecular flexibility index (Phi) is 9.25. The standard InChI is InChI=1S/C37H46F3N3O/c1-36(2,40)25-43-20-13-28-21-30(44-24-27-9-4-3-5-10-27)11-12-31(28)35(43)34-32(38)22-29(23-33(34)39)42-19-8-16-37(26-42)14-6-17-41-18-7-15-37/h3-5,9-12,21-23,35,41H,6-8,13-20,24-26H2,1-2H3. The lowest BCUT2D eigenvalue weighted by Gasteiger charge is -2.45. The zero-order valence-corrected chi connectivity index (χ0v) is 26.2. The van der Waals surface area contributed by atoms with Crippen LogP contribution >= 0.6 is 0 Å². The highest BCUT2D eigenvalue weighted by atomic mass is 19.1. The van der Waals surface area contributed by atoms with Crippen molar-refractivity contribution in [2.45, 2.75) is 77.1 Å². The van der Waals surface area contributed by atoms with Crippen molar-refractivity contribution in [1.82, 2.24) is 10.2 Å². The van der Waals surface area contributed by atoms with Crippen molar-refractivity contribution in [3.63, 3.8) is 0 Å². The second-order valence-corrected chi connectivity index (χ2v) is 13.8. The number of nitrogens with one attached hydrogen (secondary N) is 1. The Morgan fingerprint density at radius 1 is 0.909 bits per heavy atom. The molecular formula is C37H46F3N3O. The molecule has 0 amide bonds. The van der Waals surface area contributed by atoms with Gasteiger partial charge in [0.2, 0.25) is 0 Å². The molecule has 3 heterocycles. The summed E-state index contributed by atoms with van der Waals surface area (Å²) in [4.78, 5) is 4.09. The van der Waals surface area contributed by atoms with Crippen LogP contribution in [0.2, 0.25) is 0 Å². The third kappa shape index (κ3) is 7.10. The number of benzene rings is 3. The summed E-state index contributed by atoms with van der Waals surface area (Å²) in [6, 6.07) is 18.0. The van der Waals surface area contributed by atoms with Crippen molar-refractivity contribution in [2.24, 2.45) is 5.41 Å². The topological polar surface area (TPSA) is 27.7 Å². The first kappa shape index (κ1) is 31.0. The van der Waals surface area contributed by atoms with Gasteiger partial charge in [-0.05, 0) is 118 Å². The van der Waals surface area contributed by atoms with E-state index < -0.39 is 23.3 Å². The van der Waals surface area contributed by atoms with E-state index in [4.69, 9.17) is 4.74 Å². The minimum atomic E-state index is -1.52. The van der Waals surface area contributed by atoms with Gasteiger partial charge in [-0.25, -0.2) is 13.2 Å². The van der Waals surface area contributed by atoms with Gasteiger partial charge in [-0.15, -0.1) is 0 Å². The van der Waals surface area contributed by atoms with Gasteiger partial charge in [0, 0.05) is 37.4 Å². The van der Waals surface area contributed by atoms with E-state index in [1.807, 2.05) is 53.4 Å². The second-order valence-electron chi connectivity index (χ2n) is 13.8. The Bertz CT molecular complexity index is 1390. The van der Waals surface area contributed by atoms with Crippen LogP contribution in [0.1, 0.15) is 80.7 Å². The number of nitrogens with zero attached hydrogens (tertiary/aromatic N) is 2. The number of piperidine rings is 1. The maximum Gasteiger partial charge on any atom is 0.133 e. The smallest absolute Gasteiger partial charge is 0.133 e. The van der Waals surface area contributed by atoms with Crippen LogP contribution in [-0.2, 0) is 13.0 Å². The molecule has 3 aromatic carbocycles. The molecule has 2 saturated heterocycles. The third-order valence-electron chi connectivity index (χ3n) is 9.76. The number of ether oxygens (including phenoxy) is 1. The average Bonchev–Trinajstić information content (AvgIpc) is 2.98. The minimum absolute atomic E-state index is 0.000606. The van der Waals surface area contributed by atoms with Gasteiger partial charge in [0.1, 0.15) is 29.7 Å². The highest BCUT2D eigenvalue weighted by molar-refractivity contribution is 5.53. The first-order chi connectivity index (χ1) is 21.2. The highest BCUT2D eigenvalue weighted by Gasteiger charge is 2.38. The zero-order valence-electron chi connectivity index (χ0n) is 26.2. The molecule has 3 aromatic rings. The van der Waals surface area contributed by atoms with E-state index in [0.29, 0.717) is 31.0 Å². The Morgan fingerprint density at radius 2 is 1.61 bits per heavy atom. The van der Waals surface area contributed by atoms with E-state index in [2.05, 4.69) is 10.2 Å². The highest BCUT2D eigenvalue weighted by Crippen LogP contribution is 2.44. The number of hydrogen-bond acceptors (Lipinski definition) is 4. The van der Waals surface area contributed by atoms with Crippen molar-refractivity contribution in [3.05, 3.63) is 94.6 Å².